The van der Waals surface area contributed by atoms with Gasteiger partial charge < -0.3 is 4.74 Å². The highest BCUT2D eigenvalue weighted by Crippen LogP contribution is 2.52. The van der Waals surface area contributed by atoms with Crippen molar-refractivity contribution < 1.29 is 9.13 Å². The van der Waals surface area contributed by atoms with Crippen LogP contribution in [0.15, 0.2) is 24.3 Å². The zero-order chi connectivity index (χ0) is 16.7. The molecule has 1 aromatic carbocycles. The fourth-order valence-electron chi connectivity index (χ4n) is 4.64. The van der Waals surface area contributed by atoms with E-state index in [1.807, 2.05) is 0 Å². The maximum atomic E-state index is 13.7. The Morgan fingerprint density at radius 1 is 1.38 bits per heavy atom. The molecule has 1 heterocycles. The van der Waals surface area contributed by atoms with Gasteiger partial charge in [-0.15, -0.1) is 0 Å². The molecule has 2 bridgehead atoms. The number of benzene rings is 1. The van der Waals surface area contributed by atoms with Crippen LogP contribution in [0.25, 0.3) is 0 Å². The Kier molecular flexibility index (Phi) is 4.16. The summed E-state index contributed by atoms with van der Waals surface area (Å²) in [4.78, 5) is 0. The molecule has 0 unspecified atom stereocenters. The predicted molar refractivity (Wildman–Crippen MR) is 91.8 cm³/mol. The fraction of sp³-hybridized carbons (Fsp3) is 0.556. The zero-order valence-corrected chi connectivity index (χ0v) is 14.6. The van der Waals surface area contributed by atoms with Crippen LogP contribution in [0.5, 0.6) is 5.75 Å². The number of H-pyrrole nitrogens is 1. The summed E-state index contributed by atoms with van der Waals surface area (Å²) < 4.78 is 22.0. The van der Waals surface area contributed by atoms with E-state index in [9.17, 15) is 4.39 Å². The lowest BCUT2D eigenvalue weighted by Gasteiger charge is -2.29. The first-order valence-corrected chi connectivity index (χ1v) is 9.07. The third-order valence-electron chi connectivity index (χ3n) is 5.79. The van der Waals surface area contributed by atoms with E-state index in [1.54, 1.807) is 18.2 Å². The molecule has 4 nitrogen and oxygen atoms in total. The van der Waals surface area contributed by atoms with Gasteiger partial charge in [0.1, 0.15) is 6.61 Å². The molecule has 0 aliphatic heterocycles. The van der Waals surface area contributed by atoms with Gasteiger partial charge in [0.25, 0.3) is 0 Å². The fourth-order valence-corrected chi connectivity index (χ4v) is 4.96. The van der Waals surface area contributed by atoms with Crippen molar-refractivity contribution in [2.24, 2.45) is 17.8 Å². The van der Waals surface area contributed by atoms with E-state index in [0.717, 1.165) is 17.7 Å². The van der Waals surface area contributed by atoms with Crippen molar-refractivity contribution in [3.05, 3.63) is 40.7 Å². The summed E-state index contributed by atoms with van der Waals surface area (Å²) >= 11 is 5.44. The summed E-state index contributed by atoms with van der Waals surface area (Å²) in [5, 5.41) is 7.19. The second kappa shape index (κ2) is 6.31. The molecule has 4 rings (SSSR count). The number of halogens is 1. The molecule has 24 heavy (non-hydrogen) atoms. The Morgan fingerprint density at radius 3 is 2.92 bits per heavy atom. The third kappa shape index (κ3) is 2.77. The van der Waals surface area contributed by atoms with Gasteiger partial charge in [0, 0.05) is 6.04 Å². The van der Waals surface area contributed by atoms with E-state index in [0.29, 0.717) is 16.7 Å². The number of nitrogens with one attached hydrogen (secondary N) is 1. The van der Waals surface area contributed by atoms with Gasteiger partial charge in [-0.3, -0.25) is 9.67 Å². The number of rotatable bonds is 5. The number of aromatic nitrogens is 3. The number of hydrogen-bond donors (Lipinski definition) is 1. The van der Waals surface area contributed by atoms with Crippen LogP contribution in [0, 0.1) is 28.3 Å². The lowest BCUT2D eigenvalue weighted by molar-refractivity contribution is 0.221. The highest BCUT2D eigenvalue weighted by atomic mass is 32.1. The summed E-state index contributed by atoms with van der Waals surface area (Å²) in [7, 11) is 0. The van der Waals surface area contributed by atoms with Crippen LogP contribution in [-0.2, 0) is 6.61 Å². The summed E-state index contributed by atoms with van der Waals surface area (Å²) in [6.45, 7) is 2.43. The van der Waals surface area contributed by atoms with Gasteiger partial charge >= 0.3 is 0 Å². The first-order valence-electron chi connectivity index (χ1n) is 8.66. The van der Waals surface area contributed by atoms with Crippen molar-refractivity contribution in [3.63, 3.8) is 0 Å². The number of nitrogens with zero attached hydrogens (tertiary/aromatic N) is 2. The molecule has 2 fully saturated rings. The number of aromatic amines is 1. The lowest BCUT2D eigenvalue weighted by atomic mass is 9.84. The molecule has 0 radical (unpaired) electrons. The molecule has 0 spiro atoms. The average Bonchev–Trinajstić information content (AvgIpc) is 3.29. The molecule has 6 heteroatoms. The molecule has 0 saturated heterocycles. The Balaban J connectivity index is 1.53. The van der Waals surface area contributed by atoms with Gasteiger partial charge in [-0.1, -0.05) is 18.6 Å². The third-order valence-corrected chi connectivity index (χ3v) is 6.08. The van der Waals surface area contributed by atoms with Crippen LogP contribution in [0.2, 0.25) is 0 Å². The summed E-state index contributed by atoms with van der Waals surface area (Å²) in [5.74, 6) is 2.97. The molecule has 2 aromatic rings. The van der Waals surface area contributed by atoms with E-state index in [2.05, 4.69) is 21.7 Å². The molecule has 2 aliphatic rings. The van der Waals surface area contributed by atoms with Crippen molar-refractivity contribution in [2.45, 2.75) is 45.3 Å². The number of ether oxygens (including phenoxy) is 1. The number of fused-ring (bicyclic) bond motifs is 2. The van der Waals surface area contributed by atoms with Crippen molar-refractivity contribution in [3.8, 4) is 5.75 Å². The highest BCUT2D eigenvalue weighted by molar-refractivity contribution is 7.71. The first-order chi connectivity index (χ1) is 11.6. The summed E-state index contributed by atoms with van der Waals surface area (Å²) in [6.07, 6.45) is 5.37. The molecule has 128 valence electrons. The van der Waals surface area contributed by atoms with Crippen molar-refractivity contribution in [1.82, 2.24) is 14.8 Å². The molecule has 1 aromatic heterocycles. The zero-order valence-electron chi connectivity index (χ0n) is 13.7. The van der Waals surface area contributed by atoms with Gasteiger partial charge in [-0.25, -0.2) is 4.39 Å². The van der Waals surface area contributed by atoms with Crippen molar-refractivity contribution in [2.75, 3.05) is 0 Å². The second-order valence-electron chi connectivity index (χ2n) is 7.11. The van der Waals surface area contributed by atoms with Crippen LogP contribution in [0.3, 0.4) is 0 Å². The van der Waals surface area contributed by atoms with Crippen LogP contribution in [0.4, 0.5) is 4.39 Å². The lowest BCUT2D eigenvalue weighted by Crippen LogP contribution is -2.24. The van der Waals surface area contributed by atoms with Gasteiger partial charge in [-0.05, 0) is 68.3 Å². The maximum Gasteiger partial charge on any atom is 0.195 e. The molecule has 0 amide bonds. The van der Waals surface area contributed by atoms with Crippen molar-refractivity contribution >= 4 is 12.2 Å². The number of para-hydroxylation sites is 1. The van der Waals surface area contributed by atoms with Crippen LogP contribution in [-0.4, -0.2) is 14.8 Å². The Labute approximate surface area is 146 Å². The standard InChI is InChI=1S/C18H22FN3OS/c1-11(14-9-12-6-7-13(14)8-12)22-17(20-21-18(22)24)10-23-16-5-3-2-4-15(16)19/h2-5,11-14H,6-10H2,1H3,(H,21,24)/t11-,12-,13-,14-/m0/s1. The first kappa shape index (κ1) is 15.8. The van der Waals surface area contributed by atoms with E-state index >= 15 is 0 Å². The van der Waals surface area contributed by atoms with E-state index in [1.165, 1.54) is 31.7 Å². The van der Waals surface area contributed by atoms with Crippen LogP contribution >= 0.6 is 12.2 Å². The van der Waals surface area contributed by atoms with E-state index < -0.39 is 0 Å². The monoisotopic (exact) mass is 347 g/mol. The van der Waals surface area contributed by atoms with Crippen LogP contribution < -0.4 is 4.74 Å². The van der Waals surface area contributed by atoms with Gasteiger partial charge in [0.15, 0.2) is 22.2 Å². The molecule has 4 atom stereocenters. The second-order valence-corrected chi connectivity index (χ2v) is 7.50. The largest absolute Gasteiger partial charge is 0.483 e. The highest BCUT2D eigenvalue weighted by Gasteiger charge is 2.42. The SMILES string of the molecule is C[C@@H]([C@@H]1C[C@H]2CC[C@H]1C2)n1c(COc2ccccc2F)n[nH]c1=S. The topological polar surface area (TPSA) is 42.8 Å². The normalized spacial score (nSPS) is 26.7. The smallest absolute Gasteiger partial charge is 0.195 e. The minimum absolute atomic E-state index is 0.208. The predicted octanol–water partition coefficient (Wildman–Crippen LogP) is 4.66. The maximum absolute atomic E-state index is 13.7. The van der Waals surface area contributed by atoms with Gasteiger partial charge in [0.2, 0.25) is 0 Å². The van der Waals surface area contributed by atoms with Crippen molar-refractivity contribution in [1.29, 1.82) is 0 Å². The summed E-state index contributed by atoms with van der Waals surface area (Å²) in [6, 6.07) is 6.72. The molecular weight excluding hydrogens is 325 g/mol. The Morgan fingerprint density at radius 2 is 2.21 bits per heavy atom. The molecular formula is C18H22FN3OS. The average molecular weight is 347 g/mol. The minimum atomic E-state index is -0.362. The molecule has 2 saturated carbocycles. The Hall–Kier alpha value is -1.69. The van der Waals surface area contributed by atoms with Gasteiger partial charge in [0.05, 0.1) is 0 Å². The number of hydrogen-bond acceptors (Lipinski definition) is 3. The molecule has 1 N–H and O–H groups in total. The Bertz CT molecular complexity index is 787. The van der Waals surface area contributed by atoms with Crippen LogP contribution in [0.1, 0.15) is 44.5 Å². The van der Waals surface area contributed by atoms with Gasteiger partial charge in [-0.2, -0.15) is 5.10 Å². The van der Waals surface area contributed by atoms with E-state index in [4.69, 9.17) is 17.0 Å². The quantitative estimate of drug-likeness (QED) is 0.800. The minimum Gasteiger partial charge on any atom is -0.483 e. The summed E-state index contributed by atoms with van der Waals surface area (Å²) in [5.41, 5.74) is 0. The van der Waals surface area contributed by atoms with E-state index in [-0.39, 0.29) is 18.2 Å². The molecule has 2 aliphatic carbocycles.